The van der Waals surface area contributed by atoms with Crippen LogP contribution in [0.4, 0.5) is 0 Å². The molecule has 14 heavy (non-hydrogen) atoms. The molecule has 1 aromatic heterocycles. The SMILES string of the molecule is CCCC(C)NCCn1cc(C)cn1. The fourth-order valence-electron chi connectivity index (χ4n) is 1.55. The number of aryl methyl sites for hydroxylation is 1. The molecular formula is C11H21N3. The van der Waals surface area contributed by atoms with Gasteiger partial charge in [-0.15, -0.1) is 0 Å². The van der Waals surface area contributed by atoms with Crippen molar-refractivity contribution in [3.8, 4) is 0 Å². The molecule has 1 unspecified atom stereocenters. The Morgan fingerprint density at radius 3 is 2.93 bits per heavy atom. The Bertz CT molecular complexity index is 255. The van der Waals surface area contributed by atoms with E-state index in [1.54, 1.807) is 0 Å². The van der Waals surface area contributed by atoms with E-state index in [-0.39, 0.29) is 0 Å². The molecule has 0 aliphatic heterocycles. The van der Waals surface area contributed by atoms with Gasteiger partial charge in [0.1, 0.15) is 0 Å². The standard InChI is InChI=1S/C11H21N3/c1-4-5-11(3)12-6-7-14-9-10(2)8-13-14/h8-9,11-12H,4-7H2,1-3H3. The summed E-state index contributed by atoms with van der Waals surface area (Å²) in [4.78, 5) is 0. The monoisotopic (exact) mass is 195 g/mol. The molecule has 0 saturated heterocycles. The highest BCUT2D eigenvalue weighted by Crippen LogP contribution is 1.95. The zero-order valence-corrected chi connectivity index (χ0v) is 9.45. The van der Waals surface area contributed by atoms with Crippen LogP contribution < -0.4 is 5.32 Å². The third-order valence-electron chi connectivity index (χ3n) is 2.32. The van der Waals surface area contributed by atoms with Gasteiger partial charge in [-0.1, -0.05) is 13.3 Å². The van der Waals surface area contributed by atoms with Crippen molar-refractivity contribution in [1.29, 1.82) is 0 Å². The van der Waals surface area contributed by atoms with Crippen LogP contribution in [0.5, 0.6) is 0 Å². The summed E-state index contributed by atoms with van der Waals surface area (Å²) in [6.45, 7) is 8.48. The molecule has 0 saturated carbocycles. The highest BCUT2D eigenvalue weighted by Gasteiger charge is 1.99. The van der Waals surface area contributed by atoms with E-state index >= 15 is 0 Å². The Hall–Kier alpha value is -0.830. The van der Waals surface area contributed by atoms with E-state index in [0.717, 1.165) is 13.1 Å². The first-order valence-electron chi connectivity index (χ1n) is 5.44. The summed E-state index contributed by atoms with van der Waals surface area (Å²) >= 11 is 0. The molecule has 1 aromatic rings. The number of aromatic nitrogens is 2. The van der Waals surface area contributed by atoms with E-state index in [9.17, 15) is 0 Å². The van der Waals surface area contributed by atoms with Gasteiger partial charge in [0.25, 0.3) is 0 Å². The van der Waals surface area contributed by atoms with Crippen molar-refractivity contribution in [2.75, 3.05) is 6.54 Å². The Morgan fingerprint density at radius 1 is 1.57 bits per heavy atom. The predicted molar refractivity (Wildman–Crippen MR) is 59.3 cm³/mol. The van der Waals surface area contributed by atoms with Crippen LogP contribution in [-0.2, 0) is 6.54 Å². The molecule has 0 amide bonds. The number of hydrogen-bond donors (Lipinski definition) is 1. The molecule has 0 radical (unpaired) electrons. The minimum Gasteiger partial charge on any atom is -0.312 e. The summed E-state index contributed by atoms with van der Waals surface area (Å²) in [5, 5.41) is 7.72. The molecular weight excluding hydrogens is 174 g/mol. The Balaban J connectivity index is 2.15. The normalized spacial score (nSPS) is 13.1. The predicted octanol–water partition coefficient (Wildman–Crippen LogP) is 1.97. The first-order chi connectivity index (χ1) is 6.72. The lowest BCUT2D eigenvalue weighted by molar-refractivity contribution is 0.472. The second-order valence-electron chi connectivity index (χ2n) is 3.92. The molecule has 0 bridgehead atoms. The van der Waals surface area contributed by atoms with Gasteiger partial charge in [0, 0.05) is 18.8 Å². The van der Waals surface area contributed by atoms with Gasteiger partial charge < -0.3 is 5.32 Å². The average molecular weight is 195 g/mol. The zero-order chi connectivity index (χ0) is 10.4. The molecule has 0 spiro atoms. The maximum atomic E-state index is 4.24. The van der Waals surface area contributed by atoms with Crippen LogP contribution in [0.2, 0.25) is 0 Å². The molecule has 0 aromatic carbocycles. The van der Waals surface area contributed by atoms with Crippen LogP contribution in [0, 0.1) is 6.92 Å². The summed E-state index contributed by atoms with van der Waals surface area (Å²) in [5.41, 5.74) is 1.23. The number of nitrogens with one attached hydrogen (secondary N) is 1. The molecule has 1 rings (SSSR count). The molecule has 1 N–H and O–H groups in total. The number of hydrogen-bond acceptors (Lipinski definition) is 2. The maximum absolute atomic E-state index is 4.24. The van der Waals surface area contributed by atoms with Gasteiger partial charge in [-0.25, -0.2) is 0 Å². The highest BCUT2D eigenvalue weighted by molar-refractivity contribution is 4.99. The summed E-state index contributed by atoms with van der Waals surface area (Å²) < 4.78 is 1.99. The lowest BCUT2D eigenvalue weighted by Crippen LogP contribution is -2.29. The van der Waals surface area contributed by atoms with Crippen LogP contribution in [-0.4, -0.2) is 22.4 Å². The van der Waals surface area contributed by atoms with Gasteiger partial charge in [0.2, 0.25) is 0 Å². The second-order valence-corrected chi connectivity index (χ2v) is 3.92. The Labute approximate surface area is 86.5 Å². The van der Waals surface area contributed by atoms with Crippen LogP contribution in [0.1, 0.15) is 32.3 Å². The highest BCUT2D eigenvalue weighted by atomic mass is 15.3. The number of rotatable bonds is 6. The minimum atomic E-state index is 0.622. The molecule has 80 valence electrons. The zero-order valence-electron chi connectivity index (χ0n) is 9.45. The van der Waals surface area contributed by atoms with Crippen LogP contribution in [0.25, 0.3) is 0 Å². The van der Waals surface area contributed by atoms with E-state index in [0.29, 0.717) is 6.04 Å². The maximum Gasteiger partial charge on any atom is 0.0534 e. The van der Waals surface area contributed by atoms with Crippen molar-refractivity contribution in [3.05, 3.63) is 18.0 Å². The van der Waals surface area contributed by atoms with Crippen LogP contribution in [0.15, 0.2) is 12.4 Å². The van der Waals surface area contributed by atoms with Crippen molar-refractivity contribution < 1.29 is 0 Å². The lowest BCUT2D eigenvalue weighted by Gasteiger charge is -2.12. The fraction of sp³-hybridized carbons (Fsp3) is 0.727. The Kier molecular flexibility index (Phi) is 4.66. The average Bonchev–Trinajstić information content (AvgIpc) is 2.52. The largest absolute Gasteiger partial charge is 0.312 e. The van der Waals surface area contributed by atoms with E-state index < -0.39 is 0 Å². The van der Waals surface area contributed by atoms with Gasteiger partial charge in [-0.3, -0.25) is 4.68 Å². The van der Waals surface area contributed by atoms with Crippen LogP contribution in [0.3, 0.4) is 0 Å². The summed E-state index contributed by atoms with van der Waals surface area (Å²) in [7, 11) is 0. The summed E-state index contributed by atoms with van der Waals surface area (Å²) in [6.07, 6.45) is 6.47. The number of nitrogens with zero attached hydrogens (tertiary/aromatic N) is 2. The van der Waals surface area contributed by atoms with Crippen molar-refractivity contribution in [2.24, 2.45) is 0 Å². The van der Waals surface area contributed by atoms with Crippen molar-refractivity contribution in [3.63, 3.8) is 0 Å². The summed E-state index contributed by atoms with van der Waals surface area (Å²) in [6, 6.07) is 0.622. The van der Waals surface area contributed by atoms with Gasteiger partial charge in [0.05, 0.1) is 12.7 Å². The van der Waals surface area contributed by atoms with Crippen molar-refractivity contribution >= 4 is 0 Å². The van der Waals surface area contributed by atoms with Gasteiger partial charge in [-0.2, -0.15) is 5.10 Å². The molecule has 1 heterocycles. The van der Waals surface area contributed by atoms with Crippen LogP contribution >= 0.6 is 0 Å². The van der Waals surface area contributed by atoms with Gasteiger partial charge in [-0.05, 0) is 25.8 Å². The quantitative estimate of drug-likeness (QED) is 0.752. The fourth-order valence-corrected chi connectivity index (χ4v) is 1.55. The first kappa shape index (κ1) is 11.2. The van der Waals surface area contributed by atoms with E-state index in [1.807, 2.05) is 10.9 Å². The second kappa shape index (κ2) is 5.81. The lowest BCUT2D eigenvalue weighted by atomic mass is 10.2. The topological polar surface area (TPSA) is 29.9 Å². The molecule has 0 aliphatic rings. The van der Waals surface area contributed by atoms with Gasteiger partial charge in [0.15, 0.2) is 0 Å². The molecule has 1 atom stereocenters. The Morgan fingerprint density at radius 2 is 2.36 bits per heavy atom. The van der Waals surface area contributed by atoms with E-state index in [2.05, 4.69) is 37.4 Å². The van der Waals surface area contributed by atoms with E-state index in [4.69, 9.17) is 0 Å². The molecule has 3 heteroatoms. The van der Waals surface area contributed by atoms with E-state index in [1.165, 1.54) is 18.4 Å². The molecule has 0 aliphatic carbocycles. The third-order valence-corrected chi connectivity index (χ3v) is 2.32. The first-order valence-corrected chi connectivity index (χ1v) is 5.44. The smallest absolute Gasteiger partial charge is 0.0534 e. The third kappa shape index (κ3) is 3.92. The summed E-state index contributed by atoms with van der Waals surface area (Å²) in [5.74, 6) is 0. The molecule has 3 nitrogen and oxygen atoms in total. The molecule has 0 fully saturated rings. The minimum absolute atomic E-state index is 0.622. The van der Waals surface area contributed by atoms with Crippen molar-refractivity contribution in [1.82, 2.24) is 15.1 Å². The van der Waals surface area contributed by atoms with Crippen molar-refractivity contribution in [2.45, 2.75) is 46.2 Å². The van der Waals surface area contributed by atoms with Gasteiger partial charge >= 0.3 is 0 Å².